The van der Waals surface area contributed by atoms with Crippen LogP contribution in [0, 0.1) is 0 Å². The number of hydrogen-bond acceptors (Lipinski definition) is 3. The van der Waals surface area contributed by atoms with Crippen molar-refractivity contribution < 1.29 is 19.4 Å². The van der Waals surface area contributed by atoms with Gasteiger partial charge in [0.1, 0.15) is 0 Å². The second-order valence-corrected chi connectivity index (χ2v) is 1.88. The monoisotopic (exact) mass is 158 g/mol. The van der Waals surface area contributed by atoms with Crippen LogP contribution >= 0.6 is 0 Å². The van der Waals surface area contributed by atoms with E-state index in [9.17, 15) is 9.59 Å². The number of carboxylic acids is 1. The van der Waals surface area contributed by atoms with E-state index >= 15 is 0 Å². The summed E-state index contributed by atoms with van der Waals surface area (Å²) in [6, 6.07) is 0. The normalized spacial score (nSPS) is 11.7. The molecule has 0 aromatic rings. The van der Waals surface area contributed by atoms with Crippen LogP contribution in [-0.2, 0) is 14.3 Å². The molecule has 0 aliphatic rings. The van der Waals surface area contributed by atoms with Crippen molar-refractivity contribution in [3.8, 4) is 0 Å². The van der Waals surface area contributed by atoms with E-state index in [4.69, 9.17) is 5.11 Å². The van der Waals surface area contributed by atoms with Crippen LogP contribution in [0.4, 0.5) is 0 Å². The van der Waals surface area contributed by atoms with Crippen LogP contribution in [0.25, 0.3) is 0 Å². The van der Waals surface area contributed by atoms with Gasteiger partial charge in [-0.25, -0.2) is 9.59 Å². The van der Waals surface area contributed by atoms with Gasteiger partial charge in [0.15, 0.2) is 6.10 Å². The van der Waals surface area contributed by atoms with Crippen molar-refractivity contribution >= 4 is 11.9 Å². The lowest BCUT2D eigenvalue weighted by Crippen LogP contribution is -2.25. The van der Waals surface area contributed by atoms with Gasteiger partial charge < -0.3 is 9.84 Å². The van der Waals surface area contributed by atoms with E-state index in [1.165, 1.54) is 0 Å². The first-order chi connectivity index (χ1) is 5.11. The lowest BCUT2D eigenvalue weighted by molar-refractivity contribution is -0.160. The number of aliphatic carboxylic acids is 1. The van der Waals surface area contributed by atoms with Crippen LogP contribution in [0.3, 0.4) is 0 Å². The molecule has 0 fully saturated rings. The average Bonchev–Trinajstić information content (AvgIpc) is 1.99. The van der Waals surface area contributed by atoms with Gasteiger partial charge in [0.2, 0.25) is 0 Å². The number of carboxylic acid groups (broad SMARTS) is 1. The van der Waals surface area contributed by atoms with Crippen molar-refractivity contribution in [2.24, 2.45) is 0 Å². The summed E-state index contributed by atoms with van der Waals surface area (Å²) in [5.41, 5.74) is 0. The molecule has 11 heavy (non-hydrogen) atoms. The molecule has 62 valence electrons. The Morgan fingerprint density at radius 1 is 1.73 bits per heavy atom. The summed E-state index contributed by atoms with van der Waals surface area (Å²) in [5.74, 6) is -1.85. The molecule has 0 aromatic heterocycles. The summed E-state index contributed by atoms with van der Waals surface area (Å²) in [6.45, 7) is 4.76. The Morgan fingerprint density at radius 3 is 2.55 bits per heavy atom. The molecule has 0 radical (unpaired) electrons. The number of ether oxygens (including phenoxy) is 1. The van der Waals surface area contributed by atoms with Crippen molar-refractivity contribution in [1.29, 1.82) is 0 Å². The molecule has 0 spiro atoms. The Kier molecular flexibility index (Phi) is 3.95. The van der Waals surface area contributed by atoms with Gasteiger partial charge in [-0.15, -0.1) is 0 Å². The van der Waals surface area contributed by atoms with E-state index in [-0.39, 0.29) is 6.42 Å². The number of carbonyl (C=O) groups excluding carboxylic acids is 1. The fourth-order valence-corrected chi connectivity index (χ4v) is 0.497. The molecule has 1 N–H and O–H groups in total. The van der Waals surface area contributed by atoms with Crippen molar-refractivity contribution in [2.45, 2.75) is 19.4 Å². The Bertz CT molecular complexity index is 173. The highest BCUT2D eigenvalue weighted by atomic mass is 16.6. The largest absolute Gasteiger partial charge is 0.479 e. The maximum absolute atomic E-state index is 10.5. The Morgan fingerprint density at radius 2 is 2.27 bits per heavy atom. The van der Waals surface area contributed by atoms with Gasteiger partial charge in [0, 0.05) is 6.08 Å². The third-order valence-corrected chi connectivity index (χ3v) is 1.07. The van der Waals surface area contributed by atoms with Crippen molar-refractivity contribution in [2.75, 3.05) is 0 Å². The van der Waals surface area contributed by atoms with Crippen LogP contribution in [0.5, 0.6) is 0 Å². The molecular weight excluding hydrogens is 148 g/mol. The highest BCUT2D eigenvalue weighted by Gasteiger charge is 2.17. The van der Waals surface area contributed by atoms with E-state index in [0.29, 0.717) is 0 Å². The number of rotatable bonds is 4. The van der Waals surface area contributed by atoms with Crippen LogP contribution in [0.15, 0.2) is 12.7 Å². The molecule has 0 aromatic carbocycles. The zero-order valence-electron chi connectivity index (χ0n) is 6.24. The van der Waals surface area contributed by atoms with Gasteiger partial charge in [-0.3, -0.25) is 0 Å². The number of hydrogen-bond donors (Lipinski definition) is 1. The Balaban J connectivity index is 3.97. The highest BCUT2D eigenvalue weighted by molar-refractivity contribution is 5.84. The molecular formula is C7H10O4. The van der Waals surface area contributed by atoms with E-state index in [0.717, 1.165) is 6.08 Å². The molecule has 0 bridgehead atoms. The van der Waals surface area contributed by atoms with Gasteiger partial charge in [0.25, 0.3) is 0 Å². The molecule has 4 nitrogen and oxygen atoms in total. The molecule has 0 amide bonds. The first-order valence-electron chi connectivity index (χ1n) is 3.17. The fourth-order valence-electron chi connectivity index (χ4n) is 0.497. The molecule has 1 unspecified atom stereocenters. The number of esters is 1. The van der Waals surface area contributed by atoms with E-state index in [1.54, 1.807) is 6.92 Å². The van der Waals surface area contributed by atoms with Crippen molar-refractivity contribution in [1.82, 2.24) is 0 Å². The Labute approximate surface area is 64.5 Å². The van der Waals surface area contributed by atoms with Gasteiger partial charge >= 0.3 is 11.9 Å². The van der Waals surface area contributed by atoms with Crippen molar-refractivity contribution in [3.05, 3.63) is 12.7 Å². The van der Waals surface area contributed by atoms with Crippen LogP contribution in [0.2, 0.25) is 0 Å². The van der Waals surface area contributed by atoms with Gasteiger partial charge in [-0.1, -0.05) is 13.5 Å². The fraction of sp³-hybridized carbons (Fsp3) is 0.429. The first-order valence-corrected chi connectivity index (χ1v) is 3.17. The van der Waals surface area contributed by atoms with Gasteiger partial charge in [-0.05, 0) is 6.42 Å². The van der Waals surface area contributed by atoms with Crippen LogP contribution in [-0.4, -0.2) is 23.1 Å². The standard InChI is InChI=1S/C7H10O4/c1-3-5(7(9)10)11-6(8)4-2/h4-5H,2-3H2,1H3,(H,9,10). The predicted octanol–water partition coefficient (Wildman–Crippen LogP) is 0.579. The average molecular weight is 158 g/mol. The van der Waals surface area contributed by atoms with Crippen LogP contribution in [0.1, 0.15) is 13.3 Å². The lowest BCUT2D eigenvalue weighted by atomic mass is 10.3. The molecule has 0 heterocycles. The third kappa shape index (κ3) is 3.40. The lowest BCUT2D eigenvalue weighted by Gasteiger charge is -2.08. The molecule has 0 saturated heterocycles. The minimum atomic E-state index is -1.14. The summed E-state index contributed by atoms with van der Waals surface area (Å²) in [7, 11) is 0. The topological polar surface area (TPSA) is 63.6 Å². The van der Waals surface area contributed by atoms with Gasteiger partial charge in [0.05, 0.1) is 0 Å². The zero-order chi connectivity index (χ0) is 8.85. The summed E-state index contributed by atoms with van der Waals surface area (Å²) in [4.78, 5) is 20.8. The summed E-state index contributed by atoms with van der Waals surface area (Å²) in [6.07, 6.45) is 0.140. The first kappa shape index (κ1) is 9.68. The second-order valence-electron chi connectivity index (χ2n) is 1.88. The quantitative estimate of drug-likeness (QED) is 0.480. The third-order valence-electron chi connectivity index (χ3n) is 1.07. The maximum Gasteiger partial charge on any atom is 0.345 e. The predicted molar refractivity (Wildman–Crippen MR) is 38.0 cm³/mol. The van der Waals surface area contributed by atoms with Crippen molar-refractivity contribution in [3.63, 3.8) is 0 Å². The summed E-state index contributed by atoms with van der Waals surface area (Å²) in [5, 5.41) is 8.41. The molecule has 0 aliphatic heterocycles. The van der Waals surface area contributed by atoms with E-state index < -0.39 is 18.0 Å². The highest BCUT2D eigenvalue weighted by Crippen LogP contribution is 1.98. The maximum atomic E-state index is 10.5. The van der Waals surface area contributed by atoms with Crippen LogP contribution < -0.4 is 0 Å². The molecule has 0 saturated carbocycles. The summed E-state index contributed by atoms with van der Waals surface area (Å²) < 4.78 is 4.45. The molecule has 0 rings (SSSR count). The minimum Gasteiger partial charge on any atom is -0.479 e. The Hall–Kier alpha value is -1.32. The molecule has 1 atom stereocenters. The zero-order valence-corrected chi connectivity index (χ0v) is 6.24. The van der Waals surface area contributed by atoms with E-state index in [1.807, 2.05) is 0 Å². The van der Waals surface area contributed by atoms with E-state index in [2.05, 4.69) is 11.3 Å². The smallest absolute Gasteiger partial charge is 0.345 e. The molecule has 4 heteroatoms. The van der Waals surface area contributed by atoms with Gasteiger partial charge in [-0.2, -0.15) is 0 Å². The second kappa shape index (κ2) is 4.49. The minimum absolute atomic E-state index is 0.259. The SMILES string of the molecule is C=CC(=O)OC(CC)C(=O)O. The summed E-state index contributed by atoms with van der Waals surface area (Å²) >= 11 is 0. The molecule has 0 aliphatic carbocycles. The number of carbonyl (C=O) groups is 2.